The summed E-state index contributed by atoms with van der Waals surface area (Å²) in [6, 6.07) is 7.03. The molecule has 3 rings (SSSR count). The van der Waals surface area contributed by atoms with Gasteiger partial charge in [0.25, 0.3) is 0 Å². The van der Waals surface area contributed by atoms with Crippen LogP contribution < -0.4 is 5.63 Å². The molecule has 1 aliphatic rings. The van der Waals surface area contributed by atoms with Gasteiger partial charge in [0.05, 0.1) is 5.92 Å². The highest BCUT2D eigenvalue weighted by molar-refractivity contribution is 5.81. The summed E-state index contributed by atoms with van der Waals surface area (Å²) in [5, 5.41) is 0.812. The van der Waals surface area contributed by atoms with Crippen molar-refractivity contribution in [2.24, 2.45) is 11.8 Å². The maximum Gasteiger partial charge on any atom is 0.336 e. The Morgan fingerprint density at radius 3 is 2.85 bits per heavy atom. The number of hydrogen-bond acceptors (Lipinski definition) is 4. The predicted octanol–water partition coefficient (Wildman–Crippen LogP) is 2.80. The zero-order chi connectivity index (χ0) is 14.3. The van der Waals surface area contributed by atoms with Crippen LogP contribution in [0, 0.1) is 18.8 Å². The molecule has 1 fully saturated rings. The summed E-state index contributed by atoms with van der Waals surface area (Å²) < 4.78 is 10.5. The fourth-order valence-electron chi connectivity index (χ4n) is 2.36. The minimum absolute atomic E-state index is 0.0311. The number of carbonyl (C=O) groups excluding carboxylic acids is 1. The fourth-order valence-corrected chi connectivity index (χ4v) is 2.36. The largest absolute Gasteiger partial charge is 0.461 e. The van der Waals surface area contributed by atoms with E-state index < -0.39 is 5.63 Å². The molecule has 1 aromatic carbocycles. The van der Waals surface area contributed by atoms with E-state index in [1.807, 2.05) is 32.0 Å². The van der Waals surface area contributed by atoms with E-state index >= 15 is 0 Å². The molecular formula is C16H16O4. The second-order valence-corrected chi connectivity index (χ2v) is 5.52. The zero-order valence-electron chi connectivity index (χ0n) is 11.5. The third kappa shape index (κ3) is 2.46. The van der Waals surface area contributed by atoms with Crippen molar-refractivity contribution in [3.63, 3.8) is 0 Å². The van der Waals surface area contributed by atoms with Crippen LogP contribution in [0.25, 0.3) is 11.0 Å². The lowest BCUT2D eigenvalue weighted by molar-refractivity contribution is -0.146. The standard InChI is InChI=1S/C16H16O4/c1-9-3-4-12-11(7-15(17)20-14(12)5-9)8-19-16(18)13-6-10(13)2/h3-5,7,10,13H,6,8H2,1-2H3/t10-,13-/m0/s1. The van der Waals surface area contributed by atoms with Gasteiger partial charge < -0.3 is 9.15 Å². The summed E-state index contributed by atoms with van der Waals surface area (Å²) in [6.07, 6.45) is 0.899. The second-order valence-electron chi connectivity index (χ2n) is 5.52. The summed E-state index contributed by atoms with van der Waals surface area (Å²) in [7, 11) is 0. The Balaban J connectivity index is 1.87. The second kappa shape index (κ2) is 4.78. The van der Waals surface area contributed by atoms with Crippen molar-refractivity contribution in [1.82, 2.24) is 0 Å². The minimum atomic E-state index is -0.422. The van der Waals surface area contributed by atoms with Crippen molar-refractivity contribution in [2.45, 2.75) is 26.9 Å². The van der Waals surface area contributed by atoms with Crippen molar-refractivity contribution in [1.29, 1.82) is 0 Å². The van der Waals surface area contributed by atoms with Crippen molar-refractivity contribution in [2.75, 3.05) is 0 Å². The molecule has 20 heavy (non-hydrogen) atoms. The molecule has 0 bridgehead atoms. The number of fused-ring (bicyclic) bond motifs is 1. The molecule has 0 N–H and O–H groups in total. The van der Waals surface area contributed by atoms with Gasteiger partial charge in [0, 0.05) is 17.0 Å². The molecule has 4 nitrogen and oxygen atoms in total. The number of rotatable bonds is 3. The molecule has 2 atom stereocenters. The maximum atomic E-state index is 11.7. The van der Waals surface area contributed by atoms with Gasteiger partial charge in [0.1, 0.15) is 12.2 Å². The molecule has 0 unspecified atom stereocenters. The Morgan fingerprint density at radius 2 is 2.15 bits per heavy atom. The summed E-state index contributed by atoms with van der Waals surface area (Å²) in [6.45, 7) is 4.08. The lowest BCUT2D eigenvalue weighted by Gasteiger charge is -2.07. The highest BCUT2D eigenvalue weighted by atomic mass is 16.5. The number of esters is 1. The monoisotopic (exact) mass is 272 g/mol. The lowest BCUT2D eigenvalue weighted by Crippen LogP contribution is -2.09. The molecule has 0 aliphatic heterocycles. The quantitative estimate of drug-likeness (QED) is 0.637. The minimum Gasteiger partial charge on any atom is -0.461 e. The van der Waals surface area contributed by atoms with Crippen LogP contribution in [0.15, 0.2) is 33.5 Å². The van der Waals surface area contributed by atoms with E-state index in [1.165, 1.54) is 6.07 Å². The summed E-state index contributed by atoms with van der Waals surface area (Å²) in [5.74, 6) is 0.275. The molecule has 0 radical (unpaired) electrons. The molecule has 1 saturated carbocycles. The Labute approximate surface area is 116 Å². The molecular weight excluding hydrogens is 256 g/mol. The Hall–Kier alpha value is -2.10. The molecule has 1 aromatic heterocycles. The Morgan fingerprint density at radius 1 is 1.40 bits per heavy atom. The van der Waals surface area contributed by atoms with E-state index in [-0.39, 0.29) is 18.5 Å². The fraction of sp³-hybridized carbons (Fsp3) is 0.375. The zero-order valence-corrected chi connectivity index (χ0v) is 11.5. The van der Waals surface area contributed by atoms with Crippen LogP contribution in [0.3, 0.4) is 0 Å². The molecule has 1 heterocycles. The molecule has 0 spiro atoms. The number of carbonyl (C=O) groups is 1. The van der Waals surface area contributed by atoms with Crippen LogP contribution in [-0.2, 0) is 16.1 Å². The molecule has 1 aliphatic carbocycles. The average Bonchev–Trinajstić information content (AvgIpc) is 3.12. The van der Waals surface area contributed by atoms with Gasteiger partial charge in [-0.2, -0.15) is 0 Å². The summed E-state index contributed by atoms with van der Waals surface area (Å²) in [4.78, 5) is 23.3. The summed E-state index contributed by atoms with van der Waals surface area (Å²) >= 11 is 0. The lowest BCUT2D eigenvalue weighted by atomic mass is 10.1. The summed E-state index contributed by atoms with van der Waals surface area (Å²) in [5.41, 5.74) is 1.82. The van der Waals surface area contributed by atoms with E-state index in [4.69, 9.17) is 9.15 Å². The van der Waals surface area contributed by atoms with Crippen LogP contribution in [-0.4, -0.2) is 5.97 Å². The van der Waals surface area contributed by atoms with Crippen LogP contribution in [0.5, 0.6) is 0 Å². The van der Waals surface area contributed by atoms with Gasteiger partial charge in [-0.05, 0) is 30.9 Å². The van der Waals surface area contributed by atoms with E-state index in [0.717, 1.165) is 17.4 Å². The SMILES string of the molecule is Cc1ccc2c(COC(=O)[C@H]3C[C@@H]3C)cc(=O)oc2c1. The number of ether oxygens (including phenoxy) is 1. The Bertz CT molecular complexity index is 729. The van der Waals surface area contributed by atoms with Gasteiger partial charge in [-0.1, -0.05) is 19.1 Å². The van der Waals surface area contributed by atoms with Crippen LogP contribution >= 0.6 is 0 Å². The third-order valence-corrected chi connectivity index (χ3v) is 3.77. The van der Waals surface area contributed by atoms with Crippen molar-refractivity contribution < 1.29 is 13.9 Å². The van der Waals surface area contributed by atoms with Gasteiger partial charge in [-0.3, -0.25) is 4.79 Å². The molecule has 2 aromatic rings. The number of aryl methyl sites for hydroxylation is 1. The van der Waals surface area contributed by atoms with E-state index in [0.29, 0.717) is 17.1 Å². The first-order valence-electron chi connectivity index (χ1n) is 6.74. The van der Waals surface area contributed by atoms with Gasteiger partial charge in [-0.25, -0.2) is 4.79 Å². The van der Waals surface area contributed by atoms with E-state index in [9.17, 15) is 9.59 Å². The van der Waals surface area contributed by atoms with E-state index in [1.54, 1.807) is 0 Å². The average molecular weight is 272 g/mol. The number of hydrogen-bond donors (Lipinski definition) is 0. The smallest absolute Gasteiger partial charge is 0.336 e. The molecule has 104 valence electrons. The highest BCUT2D eigenvalue weighted by Gasteiger charge is 2.40. The van der Waals surface area contributed by atoms with E-state index in [2.05, 4.69) is 0 Å². The first-order valence-corrected chi connectivity index (χ1v) is 6.74. The first kappa shape index (κ1) is 12.9. The molecule has 4 heteroatoms. The topological polar surface area (TPSA) is 56.5 Å². The highest BCUT2D eigenvalue weighted by Crippen LogP contribution is 2.38. The van der Waals surface area contributed by atoms with Gasteiger partial charge in [0.15, 0.2) is 0 Å². The van der Waals surface area contributed by atoms with Crippen LogP contribution in [0.2, 0.25) is 0 Å². The van der Waals surface area contributed by atoms with Gasteiger partial charge >= 0.3 is 11.6 Å². The van der Waals surface area contributed by atoms with Gasteiger partial charge in [0.2, 0.25) is 0 Å². The Kier molecular flexibility index (Phi) is 3.08. The third-order valence-electron chi connectivity index (χ3n) is 3.77. The molecule has 0 saturated heterocycles. The normalized spacial score (nSPS) is 20.9. The molecule has 0 amide bonds. The van der Waals surface area contributed by atoms with Gasteiger partial charge in [-0.15, -0.1) is 0 Å². The van der Waals surface area contributed by atoms with Crippen molar-refractivity contribution >= 4 is 16.9 Å². The van der Waals surface area contributed by atoms with Crippen LogP contribution in [0.1, 0.15) is 24.5 Å². The van der Waals surface area contributed by atoms with Crippen molar-refractivity contribution in [3.05, 3.63) is 45.8 Å². The predicted molar refractivity (Wildman–Crippen MR) is 74.3 cm³/mol. The number of benzene rings is 1. The maximum absolute atomic E-state index is 11.7. The van der Waals surface area contributed by atoms with Crippen molar-refractivity contribution in [3.8, 4) is 0 Å². The first-order chi connectivity index (χ1) is 9.54. The van der Waals surface area contributed by atoms with Crippen LogP contribution in [0.4, 0.5) is 0 Å².